The molecule has 0 spiro atoms. The van der Waals surface area contributed by atoms with E-state index in [9.17, 15) is 22.8 Å². The smallest absolute Gasteiger partial charge is 0.342 e. The average Bonchev–Trinajstić information content (AvgIpc) is 3.36. The molecule has 1 aromatic carbocycles. The molecule has 1 heterocycles. The Labute approximate surface area is 154 Å². The number of hydrogen-bond donors (Lipinski definition) is 1. The van der Waals surface area contributed by atoms with Gasteiger partial charge in [0, 0.05) is 13.1 Å². The van der Waals surface area contributed by atoms with Gasteiger partial charge < -0.3 is 10.2 Å². The van der Waals surface area contributed by atoms with Gasteiger partial charge in [-0.25, -0.2) is 0 Å². The molecule has 1 N–H and O–H groups in total. The molecule has 4 nitrogen and oxygen atoms in total. The Morgan fingerprint density at radius 1 is 1.27 bits per heavy atom. The van der Waals surface area contributed by atoms with Gasteiger partial charge in [0.25, 0.3) is 0 Å². The maximum atomic E-state index is 12.8. The number of alkyl halides is 3. The molecular weight excluding hydrogens is 369 g/mol. The van der Waals surface area contributed by atoms with Crippen LogP contribution in [0.2, 0.25) is 5.02 Å². The van der Waals surface area contributed by atoms with Crippen LogP contribution in [0.3, 0.4) is 0 Å². The van der Waals surface area contributed by atoms with Crippen molar-refractivity contribution < 1.29 is 22.8 Å². The Morgan fingerprint density at radius 2 is 2.00 bits per heavy atom. The minimum absolute atomic E-state index is 0.0275. The number of hydrogen-bond acceptors (Lipinski definition) is 2. The van der Waals surface area contributed by atoms with Crippen molar-refractivity contribution in [3.63, 3.8) is 0 Å². The molecule has 8 heteroatoms. The van der Waals surface area contributed by atoms with E-state index >= 15 is 0 Å². The van der Waals surface area contributed by atoms with E-state index in [2.05, 4.69) is 12.2 Å². The summed E-state index contributed by atoms with van der Waals surface area (Å²) in [6.45, 7) is 3.49. The molecule has 3 rings (SSSR count). The van der Waals surface area contributed by atoms with Crippen LogP contribution >= 0.6 is 11.6 Å². The molecule has 142 valence electrons. The van der Waals surface area contributed by atoms with Crippen molar-refractivity contribution in [2.45, 2.75) is 32.4 Å². The predicted octanol–water partition coefficient (Wildman–Crippen LogP) is 4.19. The molecule has 0 radical (unpaired) electrons. The highest BCUT2D eigenvalue weighted by Gasteiger charge is 2.50. The molecular formula is C18H20ClF3N2O2. The number of nitrogens with zero attached hydrogens (tertiary/aromatic N) is 1. The summed E-state index contributed by atoms with van der Waals surface area (Å²) in [7, 11) is 0. The van der Waals surface area contributed by atoms with E-state index in [0.717, 1.165) is 31.0 Å². The maximum Gasteiger partial charge on any atom is 0.416 e. The standard InChI is InChI=1S/C18H20ClF3N2O2/c1-10-3-2-6-24(9-10)17(26)13-8-12(13)16(25)23-15-7-11(18(20,21)22)4-5-14(15)19/h4-5,7,10,12-13H,2-3,6,8-9H2,1H3,(H,23,25). The third-order valence-electron chi connectivity index (χ3n) is 4.96. The van der Waals surface area contributed by atoms with Crippen molar-refractivity contribution in [2.24, 2.45) is 17.8 Å². The Bertz CT molecular complexity index is 723. The van der Waals surface area contributed by atoms with E-state index < -0.39 is 23.6 Å². The fourth-order valence-electron chi connectivity index (χ4n) is 3.40. The van der Waals surface area contributed by atoms with Crippen LogP contribution in [-0.4, -0.2) is 29.8 Å². The van der Waals surface area contributed by atoms with Gasteiger partial charge in [-0.15, -0.1) is 0 Å². The van der Waals surface area contributed by atoms with Crippen molar-refractivity contribution in [3.05, 3.63) is 28.8 Å². The fraction of sp³-hybridized carbons (Fsp3) is 0.556. The predicted molar refractivity (Wildman–Crippen MR) is 91.7 cm³/mol. The zero-order chi connectivity index (χ0) is 19.1. The van der Waals surface area contributed by atoms with Crippen molar-refractivity contribution in [2.75, 3.05) is 18.4 Å². The van der Waals surface area contributed by atoms with Crippen molar-refractivity contribution in [1.82, 2.24) is 4.90 Å². The van der Waals surface area contributed by atoms with Crippen LogP contribution < -0.4 is 5.32 Å². The number of rotatable bonds is 3. The zero-order valence-electron chi connectivity index (χ0n) is 14.3. The molecule has 2 fully saturated rings. The first-order valence-electron chi connectivity index (χ1n) is 8.63. The van der Waals surface area contributed by atoms with Gasteiger partial charge >= 0.3 is 6.18 Å². The van der Waals surface area contributed by atoms with Gasteiger partial charge in [0.05, 0.1) is 28.1 Å². The summed E-state index contributed by atoms with van der Waals surface area (Å²) < 4.78 is 38.4. The second-order valence-corrected chi connectivity index (χ2v) is 7.57. The lowest BCUT2D eigenvalue weighted by atomic mass is 10.00. The molecule has 2 amide bonds. The number of amides is 2. The highest BCUT2D eigenvalue weighted by atomic mass is 35.5. The van der Waals surface area contributed by atoms with Gasteiger partial charge in [0.2, 0.25) is 11.8 Å². The molecule has 1 saturated carbocycles. The molecule has 3 atom stereocenters. The summed E-state index contributed by atoms with van der Waals surface area (Å²) in [5, 5.41) is 2.47. The molecule has 1 aromatic rings. The fourth-order valence-corrected chi connectivity index (χ4v) is 3.57. The normalized spacial score (nSPS) is 25.7. The van der Waals surface area contributed by atoms with Crippen molar-refractivity contribution in [1.29, 1.82) is 0 Å². The van der Waals surface area contributed by atoms with Gasteiger partial charge in [0.1, 0.15) is 0 Å². The molecule has 3 unspecified atom stereocenters. The summed E-state index contributed by atoms with van der Waals surface area (Å²) in [5.74, 6) is -0.945. The topological polar surface area (TPSA) is 49.4 Å². The zero-order valence-corrected chi connectivity index (χ0v) is 15.0. The minimum atomic E-state index is -4.52. The van der Waals surface area contributed by atoms with Crippen LogP contribution in [0.15, 0.2) is 18.2 Å². The lowest BCUT2D eigenvalue weighted by Crippen LogP contribution is -2.40. The molecule has 2 aliphatic rings. The summed E-state index contributed by atoms with van der Waals surface area (Å²) in [6, 6.07) is 2.77. The van der Waals surface area contributed by atoms with Crippen molar-refractivity contribution >= 4 is 29.1 Å². The Balaban J connectivity index is 1.62. The van der Waals surface area contributed by atoms with E-state index in [-0.39, 0.29) is 22.5 Å². The monoisotopic (exact) mass is 388 g/mol. The lowest BCUT2D eigenvalue weighted by Gasteiger charge is -2.31. The van der Waals surface area contributed by atoms with E-state index in [0.29, 0.717) is 25.4 Å². The van der Waals surface area contributed by atoms with E-state index in [1.54, 1.807) is 4.90 Å². The Kier molecular flexibility index (Phi) is 5.19. The Morgan fingerprint density at radius 3 is 2.65 bits per heavy atom. The summed E-state index contributed by atoms with van der Waals surface area (Å²) in [5.41, 5.74) is -0.973. The first kappa shape index (κ1) is 19.0. The molecule has 1 aliphatic carbocycles. The third-order valence-corrected chi connectivity index (χ3v) is 5.29. The van der Waals surface area contributed by atoms with E-state index in [4.69, 9.17) is 11.6 Å². The van der Waals surface area contributed by atoms with Gasteiger partial charge in [-0.1, -0.05) is 18.5 Å². The second kappa shape index (κ2) is 7.10. The maximum absolute atomic E-state index is 12.8. The number of halogens is 4. The molecule has 0 bridgehead atoms. The van der Waals surface area contributed by atoms with Gasteiger partial charge in [-0.05, 0) is 43.4 Å². The van der Waals surface area contributed by atoms with Crippen LogP contribution in [-0.2, 0) is 15.8 Å². The molecule has 1 aliphatic heterocycles. The average molecular weight is 389 g/mol. The third kappa shape index (κ3) is 4.14. The highest BCUT2D eigenvalue weighted by molar-refractivity contribution is 6.33. The number of likely N-dealkylation sites (tertiary alicyclic amines) is 1. The first-order valence-corrected chi connectivity index (χ1v) is 9.01. The molecule has 1 saturated heterocycles. The highest BCUT2D eigenvalue weighted by Crippen LogP contribution is 2.42. The summed E-state index contributed by atoms with van der Waals surface area (Å²) >= 11 is 5.89. The Hall–Kier alpha value is -1.76. The van der Waals surface area contributed by atoms with Crippen LogP contribution in [0.5, 0.6) is 0 Å². The number of carbonyl (C=O) groups is 2. The first-order chi connectivity index (χ1) is 12.2. The van der Waals surface area contributed by atoms with E-state index in [1.165, 1.54) is 0 Å². The largest absolute Gasteiger partial charge is 0.416 e. The number of benzene rings is 1. The number of piperidine rings is 1. The van der Waals surface area contributed by atoms with Gasteiger partial charge in [-0.3, -0.25) is 9.59 Å². The lowest BCUT2D eigenvalue weighted by molar-refractivity contribution is -0.137. The van der Waals surface area contributed by atoms with Crippen molar-refractivity contribution in [3.8, 4) is 0 Å². The van der Waals surface area contributed by atoms with Gasteiger partial charge in [-0.2, -0.15) is 13.2 Å². The van der Waals surface area contributed by atoms with Gasteiger partial charge in [0.15, 0.2) is 0 Å². The SMILES string of the molecule is CC1CCCN(C(=O)C2CC2C(=O)Nc2cc(C(F)(F)F)ccc2Cl)C1. The summed E-state index contributed by atoms with van der Waals surface area (Å²) in [4.78, 5) is 26.6. The van der Waals surface area contributed by atoms with Crippen LogP contribution in [0.4, 0.5) is 18.9 Å². The number of nitrogens with one attached hydrogen (secondary N) is 1. The summed E-state index contributed by atoms with van der Waals surface area (Å²) in [6.07, 6.45) is -2.05. The number of anilines is 1. The van der Waals surface area contributed by atoms with E-state index in [1.807, 2.05) is 0 Å². The van der Waals surface area contributed by atoms with Crippen LogP contribution in [0.1, 0.15) is 31.7 Å². The van der Waals surface area contributed by atoms with Crippen LogP contribution in [0, 0.1) is 17.8 Å². The number of carbonyl (C=O) groups excluding carboxylic acids is 2. The molecule has 26 heavy (non-hydrogen) atoms. The minimum Gasteiger partial charge on any atom is -0.342 e. The molecule has 0 aromatic heterocycles. The quantitative estimate of drug-likeness (QED) is 0.844. The second-order valence-electron chi connectivity index (χ2n) is 7.16. The van der Waals surface area contributed by atoms with Crippen LogP contribution in [0.25, 0.3) is 0 Å².